The van der Waals surface area contributed by atoms with E-state index in [-0.39, 0.29) is 23.8 Å². The molecule has 96 valence electrons. The number of rotatable bonds is 3. The van der Waals surface area contributed by atoms with E-state index in [1.807, 2.05) is 11.8 Å². The molecule has 1 N–H and O–H groups in total. The lowest BCUT2D eigenvalue weighted by atomic mass is 10.1. The first-order valence-electron chi connectivity index (χ1n) is 6.37. The molecule has 1 atom stereocenters. The van der Waals surface area contributed by atoms with Crippen LogP contribution in [0.25, 0.3) is 0 Å². The van der Waals surface area contributed by atoms with E-state index in [4.69, 9.17) is 4.74 Å². The lowest BCUT2D eigenvalue weighted by Gasteiger charge is -2.31. The van der Waals surface area contributed by atoms with Crippen molar-refractivity contribution in [2.45, 2.75) is 32.2 Å². The van der Waals surface area contributed by atoms with Crippen LogP contribution in [0.5, 0.6) is 0 Å². The fraction of sp³-hybridized carbons (Fsp3) is 0.833. The zero-order chi connectivity index (χ0) is 12.3. The fourth-order valence-electron chi connectivity index (χ4n) is 2.58. The summed E-state index contributed by atoms with van der Waals surface area (Å²) in [6.45, 7) is 4.54. The number of nitrogens with one attached hydrogen (secondary N) is 1. The number of ether oxygens (including phenoxy) is 1. The van der Waals surface area contributed by atoms with Gasteiger partial charge in [0.25, 0.3) is 0 Å². The molecule has 2 amide bonds. The lowest BCUT2D eigenvalue weighted by molar-refractivity contribution is -0.131. The number of hydrogen-bond acceptors (Lipinski definition) is 3. The van der Waals surface area contributed by atoms with Gasteiger partial charge < -0.3 is 15.0 Å². The second-order valence-corrected chi connectivity index (χ2v) is 4.69. The molecule has 2 heterocycles. The van der Waals surface area contributed by atoms with Gasteiger partial charge in [-0.15, -0.1) is 0 Å². The maximum Gasteiger partial charge on any atom is 0.225 e. The summed E-state index contributed by atoms with van der Waals surface area (Å²) in [6.07, 6.45) is 2.16. The van der Waals surface area contributed by atoms with Crippen molar-refractivity contribution in [1.29, 1.82) is 0 Å². The normalized spacial score (nSPS) is 26.3. The highest BCUT2D eigenvalue weighted by Crippen LogP contribution is 2.24. The molecule has 0 spiro atoms. The monoisotopic (exact) mass is 240 g/mol. The Morgan fingerprint density at radius 1 is 1.47 bits per heavy atom. The summed E-state index contributed by atoms with van der Waals surface area (Å²) in [6, 6.07) is 0.274. The van der Waals surface area contributed by atoms with Gasteiger partial charge in [-0.3, -0.25) is 9.59 Å². The molecule has 0 radical (unpaired) electrons. The summed E-state index contributed by atoms with van der Waals surface area (Å²) < 4.78 is 5.29. The van der Waals surface area contributed by atoms with Gasteiger partial charge in [-0.25, -0.2) is 0 Å². The first kappa shape index (κ1) is 12.4. The zero-order valence-corrected chi connectivity index (χ0v) is 10.3. The van der Waals surface area contributed by atoms with Gasteiger partial charge in [0.15, 0.2) is 0 Å². The van der Waals surface area contributed by atoms with E-state index in [0.717, 1.165) is 26.1 Å². The van der Waals surface area contributed by atoms with Crippen molar-refractivity contribution < 1.29 is 14.3 Å². The highest BCUT2D eigenvalue weighted by molar-refractivity contribution is 5.89. The van der Waals surface area contributed by atoms with Crippen molar-refractivity contribution in [3.63, 3.8) is 0 Å². The Morgan fingerprint density at radius 3 is 2.82 bits per heavy atom. The Kier molecular flexibility index (Phi) is 3.99. The van der Waals surface area contributed by atoms with Crippen molar-refractivity contribution in [2.24, 2.45) is 5.92 Å². The molecular formula is C12H20N2O3. The van der Waals surface area contributed by atoms with Crippen LogP contribution >= 0.6 is 0 Å². The van der Waals surface area contributed by atoms with E-state index < -0.39 is 0 Å². The standard InChI is InChI=1S/C12H20N2O3/c1-2-13-12(16)9-7-11(15)14(8-9)10-3-5-17-6-4-10/h9-10H,2-8H2,1H3,(H,13,16)/t9-/m1/s1. The Labute approximate surface area is 101 Å². The maximum absolute atomic E-state index is 11.9. The van der Waals surface area contributed by atoms with Gasteiger partial charge in [0, 0.05) is 38.8 Å². The van der Waals surface area contributed by atoms with E-state index >= 15 is 0 Å². The molecular weight excluding hydrogens is 220 g/mol. The second kappa shape index (κ2) is 5.49. The van der Waals surface area contributed by atoms with E-state index in [9.17, 15) is 9.59 Å². The summed E-state index contributed by atoms with van der Waals surface area (Å²) in [5.74, 6) is -0.0335. The van der Waals surface area contributed by atoms with E-state index in [1.54, 1.807) is 0 Å². The van der Waals surface area contributed by atoms with Crippen molar-refractivity contribution in [3.8, 4) is 0 Å². The SMILES string of the molecule is CCNC(=O)[C@@H]1CC(=O)N(C2CCOCC2)C1. The van der Waals surface area contributed by atoms with Crippen molar-refractivity contribution in [3.05, 3.63) is 0 Å². The predicted molar refractivity (Wildman–Crippen MR) is 62.3 cm³/mol. The second-order valence-electron chi connectivity index (χ2n) is 4.69. The Hall–Kier alpha value is -1.10. The first-order chi connectivity index (χ1) is 8.22. The van der Waals surface area contributed by atoms with Crippen LogP contribution in [-0.4, -0.2) is 49.1 Å². The maximum atomic E-state index is 11.9. The molecule has 2 aliphatic rings. The fourth-order valence-corrected chi connectivity index (χ4v) is 2.58. The predicted octanol–water partition coefficient (Wildman–Crippen LogP) is 0.150. The minimum absolute atomic E-state index is 0.00964. The van der Waals surface area contributed by atoms with Crippen molar-refractivity contribution in [2.75, 3.05) is 26.3 Å². The Balaban J connectivity index is 1.92. The van der Waals surface area contributed by atoms with Crippen LogP contribution in [0.1, 0.15) is 26.2 Å². The molecule has 0 aromatic carbocycles. The van der Waals surface area contributed by atoms with Gasteiger partial charge in [0.05, 0.1) is 5.92 Å². The minimum atomic E-state index is -0.162. The average Bonchev–Trinajstić information content (AvgIpc) is 2.73. The van der Waals surface area contributed by atoms with E-state index in [0.29, 0.717) is 19.5 Å². The van der Waals surface area contributed by atoms with Crippen LogP contribution in [0.15, 0.2) is 0 Å². The number of carbonyl (C=O) groups is 2. The summed E-state index contributed by atoms with van der Waals surface area (Å²) in [4.78, 5) is 25.5. The van der Waals surface area contributed by atoms with Crippen LogP contribution < -0.4 is 5.32 Å². The van der Waals surface area contributed by atoms with Crippen LogP contribution in [0.3, 0.4) is 0 Å². The van der Waals surface area contributed by atoms with Gasteiger partial charge in [0.2, 0.25) is 11.8 Å². The summed E-state index contributed by atoms with van der Waals surface area (Å²) >= 11 is 0. The number of hydrogen-bond donors (Lipinski definition) is 1. The number of amides is 2. The smallest absolute Gasteiger partial charge is 0.225 e. The largest absolute Gasteiger partial charge is 0.381 e. The summed E-state index contributed by atoms with van der Waals surface area (Å²) in [5, 5.41) is 2.79. The quantitative estimate of drug-likeness (QED) is 0.764. The third kappa shape index (κ3) is 2.77. The van der Waals surface area contributed by atoms with Crippen LogP contribution in [0.2, 0.25) is 0 Å². The number of carbonyl (C=O) groups excluding carboxylic acids is 2. The van der Waals surface area contributed by atoms with E-state index in [2.05, 4.69) is 5.32 Å². The van der Waals surface area contributed by atoms with E-state index in [1.165, 1.54) is 0 Å². The molecule has 0 saturated carbocycles. The molecule has 5 nitrogen and oxygen atoms in total. The number of likely N-dealkylation sites (tertiary alicyclic amines) is 1. The lowest BCUT2D eigenvalue weighted by Crippen LogP contribution is -2.41. The average molecular weight is 240 g/mol. The molecule has 2 saturated heterocycles. The van der Waals surface area contributed by atoms with Crippen molar-refractivity contribution >= 4 is 11.8 Å². The van der Waals surface area contributed by atoms with Gasteiger partial charge in [-0.2, -0.15) is 0 Å². The summed E-state index contributed by atoms with van der Waals surface area (Å²) in [5.41, 5.74) is 0. The third-order valence-electron chi connectivity index (χ3n) is 3.51. The molecule has 0 aromatic rings. The van der Waals surface area contributed by atoms with Gasteiger partial charge in [-0.1, -0.05) is 0 Å². The van der Waals surface area contributed by atoms with Crippen LogP contribution in [-0.2, 0) is 14.3 Å². The van der Waals surface area contributed by atoms with Crippen molar-refractivity contribution in [1.82, 2.24) is 10.2 Å². The number of nitrogens with zero attached hydrogens (tertiary/aromatic N) is 1. The molecule has 0 aliphatic carbocycles. The summed E-state index contributed by atoms with van der Waals surface area (Å²) in [7, 11) is 0. The Bertz CT molecular complexity index is 300. The highest BCUT2D eigenvalue weighted by atomic mass is 16.5. The first-order valence-corrected chi connectivity index (χ1v) is 6.37. The minimum Gasteiger partial charge on any atom is -0.381 e. The van der Waals surface area contributed by atoms with Gasteiger partial charge in [0.1, 0.15) is 0 Å². The molecule has 17 heavy (non-hydrogen) atoms. The molecule has 0 bridgehead atoms. The topological polar surface area (TPSA) is 58.6 Å². The van der Waals surface area contributed by atoms with Gasteiger partial charge >= 0.3 is 0 Å². The zero-order valence-electron chi connectivity index (χ0n) is 10.3. The van der Waals surface area contributed by atoms with Crippen LogP contribution in [0.4, 0.5) is 0 Å². The third-order valence-corrected chi connectivity index (χ3v) is 3.51. The molecule has 2 fully saturated rings. The van der Waals surface area contributed by atoms with Crippen LogP contribution in [0, 0.1) is 5.92 Å². The molecule has 0 aromatic heterocycles. The molecule has 0 unspecified atom stereocenters. The Morgan fingerprint density at radius 2 is 2.18 bits per heavy atom. The highest BCUT2D eigenvalue weighted by Gasteiger charge is 2.37. The molecule has 2 rings (SSSR count). The molecule has 2 aliphatic heterocycles. The molecule has 5 heteroatoms. The van der Waals surface area contributed by atoms with Gasteiger partial charge in [-0.05, 0) is 19.8 Å².